The second-order valence-electron chi connectivity index (χ2n) is 6.87. The number of benzene rings is 2. The van der Waals surface area contributed by atoms with Crippen molar-refractivity contribution in [3.63, 3.8) is 0 Å². The molecule has 7 heteroatoms. The molecule has 1 aromatic heterocycles. The molecule has 0 spiro atoms. The number of carbonyl (C=O) groups excluding carboxylic acids is 1. The fraction of sp³-hybridized carbons (Fsp3) is 0.261. The van der Waals surface area contributed by atoms with Crippen molar-refractivity contribution in [2.45, 2.75) is 19.2 Å². The third-order valence-electron chi connectivity index (χ3n) is 4.48. The topological polar surface area (TPSA) is 72.1 Å². The summed E-state index contributed by atoms with van der Waals surface area (Å²) in [6, 6.07) is 14.8. The molecule has 0 amide bonds. The molecule has 6 nitrogen and oxygen atoms in total. The summed E-state index contributed by atoms with van der Waals surface area (Å²) in [5, 5.41) is 10.5. The molecule has 2 aromatic carbocycles. The van der Waals surface area contributed by atoms with Crippen LogP contribution in [0, 0.1) is 5.82 Å². The van der Waals surface area contributed by atoms with E-state index in [-0.39, 0.29) is 19.0 Å². The Labute approximate surface area is 174 Å². The monoisotopic (exact) mass is 413 g/mol. The van der Waals surface area contributed by atoms with Crippen LogP contribution in [0.25, 0.3) is 0 Å². The Hall–Kier alpha value is -3.16. The summed E-state index contributed by atoms with van der Waals surface area (Å²) in [5.74, 6) is 1.29. The number of rotatable bonds is 11. The second-order valence-corrected chi connectivity index (χ2v) is 6.87. The van der Waals surface area contributed by atoms with Crippen LogP contribution < -0.4 is 9.47 Å². The average Bonchev–Trinajstić information content (AvgIpc) is 3.25. The summed E-state index contributed by atoms with van der Waals surface area (Å²) in [6.45, 7) is 1.20. The SMILES string of the molecule is COc1cc(C=O)ccc1OCC(O)CN(Cc1cccc(F)c1)Cc1ccco1. The Morgan fingerprint density at radius 3 is 2.70 bits per heavy atom. The van der Waals surface area contributed by atoms with Crippen LogP contribution in [-0.4, -0.2) is 42.7 Å². The van der Waals surface area contributed by atoms with Crippen LogP contribution >= 0.6 is 0 Å². The second kappa shape index (κ2) is 10.6. The summed E-state index contributed by atoms with van der Waals surface area (Å²) in [5.41, 5.74) is 1.26. The van der Waals surface area contributed by atoms with Gasteiger partial charge in [0, 0.05) is 18.7 Å². The predicted octanol–water partition coefficient (Wildman–Crippen LogP) is 3.68. The van der Waals surface area contributed by atoms with E-state index in [1.54, 1.807) is 36.6 Å². The number of ether oxygens (including phenoxy) is 2. The number of hydrogen-bond acceptors (Lipinski definition) is 6. The van der Waals surface area contributed by atoms with Crippen LogP contribution in [0.3, 0.4) is 0 Å². The van der Waals surface area contributed by atoms with Crippen molar-refractivity contribution in [2.24, 2.45) is 0 Å². The quantitative estimate of drug-likeness (QED) is 0.484. The van der Waals surface area contributed by atoms with Crippen LogP contribution in [0.15, 0.2) is 65.3 Å². The van der Waals surface area contributed by atoms with E-state index in [0.29, 0.717) is 30.2 Å². The van der Waals surface area contributed by atoms with E-state index in [4.69, 9.17) is 13.9 Å². The molecule has 0 bridgehead atoms. The van der Waals surface area contributed by atoms with E-state index in [0.717, 1.165) is 17.6 Å². The van der Waals surface area contributed by atoms with E-state index in [1.165, 1.54) is 19.2 Å². The van der Waals surface area contributed by atoms with Gasteiger partial charge in [0.1, 0.15) is 30.6 Å². The molecule has 1 unspecified atom stereocenters. The first-order valence-corrected chi connectivity index (χ1v) is 9.50. The number of aliphatic hydroxyl groups excluding tert-OH is 1. The van der Waals surface area contributed by atoms with Gasteiger partial charge in [-0.25, -0.2) is 4.39 Å². The van der Waals surface area contributed by atoms with Gasteiger partial charge in [0.25, 0.3) is 0 Å². The zero-order chi connectivity index (χ0) is 21.3. The van der Waals surface area contributed by atoms with Gasteiger partial charge in [0.2, 0.25) is 0 Å². The van der Waals surface area contributed by atoms with Crippen molar-refractivity contribution in [3.05, 3.63) is 83.6 Å². The zero-order valence-corrected chi connectivity index (χ0v) is 16.7. The number of carbonyl (C=O) groups is 1. The molecule has 0 radical (unpaired) electrons. The van der Waals surface area contributed by atoms with Gasteiger partial charge in [-0.15, -0.1) is 0 Å². The molecule has 0 saturated heterocycles. The Bertz CT molecular complexity index is 945. The van der Waals surface area contributed by atoms with Gasteiger partial charge >= 0.3 is 0 Å². The van der Waals surface area contributed by atoms with Gasteiger partial charge in [-0.3, -0.25) is 9.69 Å². The average molecular weight is 413 g/mol. The minimum atomic E-state index is -0.816. The normalized spacial score (nSPS) is 12.0. The molecule has 1 N–H and O–H groups in total. The minimum Gasteiger partial charge on any atom is -0.493 e. The summed E-state index contributed by atoms with van der Waals surface area (Å²) in [7, 11) is 1.48. The molecule has 0 aliphatic rings. The van der Waals surface area contributed by atoms with E-state index < -0.39 is 6.10 Å². The molecule has 158 valence electrons. The smallest absolute Gasteiger partial charge is 0.161 e. The number of aliphatic hydroxyl groups is 1. The number of nitrogens with zero attached hydrogens (tertiary/aromatic N) is 1. The first kappa shape index (κ1) is 21.5. The van der Waals surface area contributed by atoms with Crippen LogP contribution in [0.4, 0.5) is 4.39 Å². The highest BCUT2D eigenvalue weighted by atomic mass is 19.1. The number of halogens is 1. The van der Waals surface area contributed by atoms with Crippen LogP contribution in [-0.2, 0) is 13.1 Å². The lowest BCUT2D eigenvalue weighted by Gasteiger charge is -2.24. The van der Waals surface area contributed by atoms with E-state index in [9.17, 15) is 14.3 Å². The van der Waals surface area contributed by atoms with Crippen molar-refractivity contribution in [1.29, 1.82) is 0 Å². The molecule has 1 heterocycles. The van der Waals surface area contributed by atoms with Crippen LogP contribution in [0.2, 0.25) is 0 Å². The van der Waals surface area contributed by atoms with E-state index in [2.05, 4.69) is 0 Å². The number of methoxy groups -OCH3 is 1. The molecule has 0 saturated carbocycles. The molecular weight excluding hydrogens is 389 g/mol. The lowest BCUT2D eigenvalue weighted by Crippen LogP contribution is -2.35. The summed E-state index contributed by atoms with van der Waals surface area (Å²) in [6.07, 6.45) is 1.49. The van der Waals surface area contributed by atoms with Crippen LogP contribution in [0.5, 0.6) is 11.5 Å². The molecule has 0 fully saturated rings. The van der Waals surface area contributed by atoms with Crippen molar-refractivity contribution >= 4 is 6.29 Å². The van der Waals surface area contributed by atoms with E-state index >= 15 is 0 Å². The maximum Gasteiger partial charge on any atom is 0.161 e. The summed E-state index contributed by atoms with van der Waals surface area (Å²) in [4.78, 5) is 12.9. The Morgan fingerprint density at radius 1 is 1.13 bits per heavy atom. The fourth-order valence-corrected chi connectivity index (χ4v) is 3.11. The molecule has 30 heavy (non-hydrogen) atoms. The summed E-state index contributed by atoms with van der Waals surface area (Å²) >= 11 is 0. The minimum absolute atomic E-state index is 0.0224. The highest BCUT2D eigenvalue weighted by Crippen LogP contribution is 2.27. The standard InChI is InChI=1S/C23H24FNO5/c1-28-23-11-18(15-26)7-8-22(23)30-16-20(27)13-25(14-21-6-3-9-29-21)12-17-4-2-5-19(24)10-17/h2-11,15,20,27H,12-14,16H2,1H3. The largest absolute Gasteiger partial charge is 0.493 e. The zero-order valence-electron chi connectivity index (χ0n) is 16.7. The maximum atomic E-state index is 13.6. The van der Waals surface area contributed by atoms with Gasteiger partial charge < -0.3 is 19.0 Å². The highest BCUT2D eigenvalue weighted by molar-refractivity contribution is 5.76. The van der Waals surface area contributed by atoms with Crippen LogP contribution in [0.1, 0.15) is 21.7 Å². The van der Waals surface area contributed by atoms with Gasteiger partial charge in [0.05, 0.1) is 19.9 Å². The lowest BCUT2D eigenvalue weighted by molar-refractivity contribution is 0.0595. The maximum absolute atomic E-state index is 13.6. The van der Waals surface area contributed by atoms with Gasteiger partial charge in [-0.05, 0) is 48.0 Å². The first-order chi connectivity index (χ1) is 14.6. The Morgan fingerprint density at radius 2 is 2.00 bits per heavy atom. The highest BCUT2D eigenvalue weighted by Gasteiger charge is 2.16. The molecule has 3 aromatic rings. The van der Waals surface area contributed by atoms with Crippen molar-refractivity contribution in [3.8, 4) is 11.5 Å². The molecule has 0 aliphatic carbocycles. The summed E-state index contributed by atoms with van der Waals surface area (Å²) < 4.78 is 29.9. The van der Waals surface area contributed by atoms with Gasteiger partial charge in [-0.2, -0.15) is 0 Å². The fourth-order valence-electron chi connectivity index (χ4n) is 3.11. The number of furan rings is 1. The molecule has 1 atom stereocenters. The number of hydrogen-bond donors (Lipinski definition) is 1. The predicted molar refractivity (Wildman–Crippen MR) is 109 cm³/mol. The van der Waals surface area contributed by atoms with Crippen molar-refractivity contribution in [2.75, 3.05) is 20.3 Å². The molecule has 3 rings (SSSR count). The van der Waals surface area contributed by atoms with Gasteiger partial charge in [-0.1, -0.05) is 12.1 Å². The van der Waals surface area contributed by atoms with Crippen molar-refractivity contribution in [1.82, 2.24) is 4.90 Å². The molecular formula is C23H24FNO5. The van der Waals surface area contributed by atoms with Crippen molar-refractivity contribution < 1.29 is 28.2 Å². The number of aldehydes is 1. The molecule has 0 aliphatic heterocycles. The first-order valence-electron chi connectivity index (χ1n) is 9.50. The van der Waals surface area contributed by atoms with E-state index in [1.807, 2.05) is 17.0 Å². The van der Waals surface area contributed by atoms with Gasteiger partial charge in [0.15, 0.2) is 11.5 Å². The Balaban J connectivity index is 1.63. The Kier molecular flexibility index (Phi) is 7.59. The third-order valence-corrected chi connectivity index (χ3v) is 4.48. The third kappa shape index (κ3) is 6.17. The lowest BCUT2D eigenvalue weighted by atomic mass is 10.2.